The molecule has 0 bridgehead atoms. The normalized spacial score (nSPS) is 15.2. The number of hydrogen-bond acceptors (Lipinski definition) is 5. The molecule has 0 unspecified atom stereocenters. The van der Waals surface area contributed by atoms with Crippen LogP contribution in [0, 0.1) is 11.0 Å². The molecule has 1 fully saturated rings. The first kappa shape index (κ1) is 16.4. The number of ether oxygens (including phenoxy) is 1. The number of nitrogens with zero attached hydrogens (tertiary/aromatic N) is 3. The molecule has 26 heavy (non-hydrogen) atoms. The monoisotopic (exact) mass is 363 g/mol. The quantitative estimate of drug-likeness (QED) is 0.512. The van der Waals surface area contributed by atoms with Gasteiger partial charge in [0.2, 0.25) is 0 Å². The number of pyridine rings is 1. The van der Waals surface area contributed by atoms with Gasteiger partial charge in [-0.2, -0.15) is 8.78 Å². The molecule has 0 amide bonds. The van der Waals surface area contributed by atoms with Gasteiger partial charge in [0, 0.05) is 5.56 Å². The van der Waals surface area contributed by atoms with Crippen molar-refractivity contribution in [3.63, 3.8) is 0 Å². The molecule has 1 saturated carbocycles. The van der Waals surface area contributed by atoms with Crippen molar-refractivity contribution in [1.82, 2.24) is 10.2 Å². The number of hydrogen-bond donors (Lipinski definition) is 0. The molecule has 2 aromatic heterocycles. The molecule has 6 nitrogen and oxygen atoms in total. The minimum Gasteiger partial charge on any atom is -0.616 e. The third-order valence-electron chi connectivity index (χ3n) is 4.12. The Kier molecular flexibility index (Phi) is 3.78. The first-order valence-electron chi connectivity index (χ1n) is 7.78. The summed E-state index contributed by atoms with van der Waals surface area (Å²) in [5.41, 5.74) is -0.308. The second kappa shape index (κ2) is 6.01. The van der Waals surface area contributed by atoms with E-state index in [4.69, 9.17) is 9.15 Å². The lowest BCUT2D eigenvalue weighted by atomic mass is 10.1. The molecule has 1 aliphatic rings. The zero-order chi connectivity index (χ0) is 18.3. The summed E-state index contributed by atoms with van der Waals surface area (Å²) in [5, 5.41) is 18.9. The lowest BCUT2D eigenvalue weighted by molar-refractivity contribution is -0.614. The van der Waals surface area contributed by atoms with Crippen LogP contribution in [0.1, 0.15) is 30.7 Å². The van der Waals surface area contributed by atoms with Gasteiger partial charge in [0.25, 0.3) is 11.8 Å². The summed E-state index contributed by atoms with van der Waals surface area (Å²) in [5.74, 6) is -1.46. The van der Waals surface area contributed by atoms with Gasteiger partial charge in [-0.05, 0) is 25.0 Å². The van der Waals surface area contributed by atoms with Crippen molar-refractivity contribution in [3.05, 3.63) is 65.1 Å². The van der Waals surface area contributed by atoms with Crippen molar-refractivity contribution in [2.75, 3.05) is 0 Å². The fourth-order valence-electron chi connectivity index (χ4n) is 2.68. The molecule has 0 N–H and O–H groups in total. The van der Waals surface area contributed by atoms with Gasteiger partial charge in [-0.1, -0.05) is 18.2 Å². The van der Waals surface area contributed by atoms with Crippen molar-refractivity contribution in [1.29, 1.82) is 0 Å². The molecule has 0 saturated heterocycles. The molecule has 1 aliphatic carbocycles. The van der Waals surface area contributed by atoms with Crippen LogP contribution in [0.4, 0.5) is 13.2 Å². The Morgan fingerprint density at radius 1 is 1.15 bits per heavy atom. The van der Waals surface area contributed by atoms with Gasteiger partial charge in [-0.25, -0.2) is 4.39 Å². The van der Waals surface area contributed by atoms with E-state index in [9.17, 15) is 18.4 Å². The third-order valence-corrected chi connectivity index (χ3v) is 4.12. The predicted octanol–water partition coefficient (Wildman–Crippen LogP) is 3.51. The standard InChI is InChI=1S/C17H12F3N3O3/c18-12-4-2-1-3-11(12)17(7-8-17)26-13-6-5-10(9-23(13)24)15-21-22-16(25-15)14(19)20/h1-6,9,14H,7-8H2. The van der Waals surface area contributed by atoms with Crippen molar-refractivity contribution >= 4 is 0 Å². The highest BCUT2D eigenvalue weighted by atomic mass is 19.3. The third kappa shape index (κ3) is 2.85. The van der Waals surface area contributed by atoms with E-state index in [1.165, 1.54) is 18.2 Å². The van der Waals surface area contributed by atoms with Crippen LogP contribution in [0.5, 0.6) is 5.88 Å². The van der Waals surface area contributed by atoms with Crippen LogP contribution in [0.25, 0.3) is 11.5 Å². The van der Waals surface area contributed by atoms with E-state index in [0.29, 0.717) is 23.1 Å². The van der Waals surface area contributed by atoms with E-state index in [2.05, 4.69) is 10.2 Å². The van der Waals surface area contributed by atoms with Gasteiger partial charge in [0.15, 0.2) is 6.20 Å². The van der Waals surface area contributed by atoms with Crippen LogP contribution in [-0.2, 0) is 5.60 Å². The minimum atomic E-state index is -2.89. The topological polar surface area (TPSA) is 75.1 Å². The Balaban J connectivity index is 1.60. The van der Waals surface area contributed by atoms with Gasteiger partial charge < -0.3 is 14.4 Å². The van der Waals surface area contributed by atoms with Gasteiger partial charge in [0.1, 0.15) is 17.0 Å². The Hall–Kier alpha value is -3.10. The Morgan fingerprint density at radius 3 is 2.54 bits per heavy atom. The average Bonchev–Trinajstić information content (AvgIpc) is 3.21. The highest BCUT2D eigenvalue weighted by Gasteiger charge is 2.50. The van der Waals surface area contributed by atoms with Crippen molar-refractivity contribution < 1.29 is 27.1 Å². The SMILES string of the molecule is [O-][n+]1cc(-c2nnc(C(F)F)o2)ccc1OC1(c2ccccc2F)CC1. The van der Waals surface area contributed by atoms with Crippen LogP contribution in [0.3, 0.4) is 0 Å². The van der Waals surface area contributed by atoms with Gasteiger partial charge in [0.05, 0.1) is 6.07 Å². The zero-order valence-corrected chi connectivity index (χ0v) is 13.2. The molecular formula is C17H12F3N3O3. The highest BCUT2D eigenvalue weighted by Crippen LogP contribution is 2.49. The predicted molar refractivity (Wildman–Crippen MR) is 81.6 cm³/mol. The Labute approximate surface area is 145 Å². The van der Waals surface area contributed by atoms with Crippen molar-refractivity contribution in [2.24, 2.45) is 0 Å². The molecule has 3 aromatic rings. The Bertz CT molecular complexity index is 957. The second-order valence-electron chi connectivity index (χ2n) is 5.90. The van der Waals surface area contributed by atoms with Crippen molar-refractivity contribution in [2.45, 2.75) is 24.9 Å². The lowest BCUT2D eigenvalue weighted by Gasteiger charge is -2.17. The zero-order valence-electron chi connectivity index (χ0n) is 13.2. The van der Waals surface area contributed by atoms with Crippen LogP contribution in [0.15, 0.2) is 47.0 Å². The molecule has 1 aromatic carbocycles. The maximum Gasteiger partial charge on any atom is 0.380 e. The van der Waals surface area contributed by atoms with Crippen LogP contribution >= 0.6 is 0 Å². The maximum absolute atomic E-state index is 14.0. The molecule has 134 valence electrons. The first-order chi connectivity index (χ1) is 12.5. The van der Waals surface area contributed by atoms with Gasteiger partial charge >= 0.3 is 12.3 Å². The molecule has 9 heteroatoms. The van der Waals surface area contributed by atoms with Gasteiger partial charge in [-0.15, -0.1) is 14.9 Å². The molecule has 0 aliphatic heterocycles. The van der Waals surface area contributed by atoms with Crippen LogP contribution in [0.2, 0.25) is 0 Å². The average molecular weight is 363 g/mol. The van der Waals surface area contributed by atoms with Crippen LogP contribution in [-0.4, -0.2) is 10.2 Å². The summed E-state index contributed by atoms with van der Waals surface area (Å²) in [7, 11) is 0. The maximum atomic E-state index is 14.0. The number of aromatic nitrogens is 3. The fraction of sp³-hybridized carbons (Fsp3) is 0.235. The van der Waals surface area contributed by atoms with Crippen LogP contribution < -0.4 is 9.47 Å². The number of alkyl halides is 2. The van der Waals surface area contributed by atoms with E-state index in [1.807, 2.05) is 0 Å². The summed E-state index contributed by atoms with van der Waals surface area (Å²) in [6, 6.07) is 9.03. The Morgan fingerprint density at radius 2 is 1.92 bits per heavy atom. The van der Waals surface area contributed by atoms with E-state index in [-0.39, 0.29) is 17.3 Å². The molecule has 4 rings (SSSR count). The lowest BCUT2D eigenvalue weighted by Crippen LogP contribution is -2.32. The van der Waals surface area contributed by atoms with Crippen molar-refractivity contribution in [3.8, 4) is 17.3 Å². The molecular weight excluding hydrogens is 351 g/mol. The number of halogens is 3. The first-order valence-corrected chi connectivity index (χ1v) is 7.78. The molecule has 0 radical (unpaired) electrons. The summed E-state index contributed by atoms with van der Waals surface area (Å²) in [6.07, 6.45) is -0.655. The van der Waals surface area contributed by atoms with Gasteiger partial charge in [-0.3, -0.25) is 0 Å². The summed E-state index contributed by atoms with van der Waals surface area (Å²) in [6.45, 7) is 0. The summed E-state index contributed by atoms with van der Waals surface area (Å²) < 4.78 is 50.0. The van der Waals surface area contributed by atoms with E-state index < -0.39 is 23.7 Å². The van der Waals surface area contributed by atoms with E-state index in [1.54, 1.807) is 18.2 Å². The summed E-state index contributed by atoms with van der Waals surface area (Å²) >= 11 is 0. The molecule has 0 atom stereocenters. The smallest absolute Gasteiger partial charge is 0.380 e. The number of benzene rings is 1. The van der Waals surface area contributed by atoms with E-state index in [0.717, 1.165) is 6.20 Å². The largest absolute Gasteiger partial charge is 0.616 e. The summed E-state index contributed by atoms with van der Waals surface area (Å²) in [4.78, 5) is 0. The minimum absolute atomic E-state index is 0.0388. The molecule has 0 spiro atoms. The second-order valence-corrected chi connectivity index (χ2v) is 5.90. The highest BCUT2D eigenvalue weighted by molar-refractivity contribution is 5.50. The van der Waals surface area contributed by atoms with E-state index >= 15 is 0 Å². The fourth-order valence-corrected chi connectivity index (χ4v) is 2.68. The number of rotatable bonds is 5. The molecule has 2 heterocycles.